The Morgan fingerprint density at radius 2 is 1.94 bits per heavy atom. The first-order valence-corrected chi connectivity index (χ1v) is 5.73. The summed E-state index contributed by atoms with van der Waals surface area (Å²) in [5, 5.41) is 10.5. The Hall–Kier alpha value is -2.30. The molecule has 0 spiro atoms. The number of hydrogen-bond donors (Lipinski definition) is 1. The number of rotatable bonds is 4. The zero-order chi connectivity index (χ0) is 12.8. The second kappa shape index (κ2) is 5.86. The minimum absolute atomic E-state index is 0.198. The molecular formula is C13H14N4O. The third-order valence-electron chi connectivity index (χ3n) is 2.48. The van der Waals surface area contributed by atoms with Gasteiger partial charge in [0.05, 0.1) is 5.69 Å². The fourth-order valence-electron chi connectivity index (χ4n) is 1.48. The summed E-state index contributed by atoms with van der Waals surface area (Å²) in [5.41, 5.74) is 2.28. The summed E-state index contributed by atoms with van der Waals surface area (Å²) >= 11 is 0. The van der Waals surface area contributed by atoms with E-state index in [2.05, 4.69) is 20.5 Å². The van der Waals surface area contributed by atoms with E-state index in [1.807, 2.05) is 19.1 Å². The van der Waals surface area contributed by atoms with Crippen LogP contribution in [0.2, 0.25) is 0 Å². The van der Waals surface area contributed by atoms with Crippen molar-refractivity contribution in [1.29, 1.82) is 0 Å². The van der Waals surface area contributed by atoms with Gasteiger partial charge >= 0.3 is 0 Å². The lowest BCUT2D eigenvalue weighted by Gasteiger charge is -2.04. The highest BCUT2D eigenvalue weighted by molar-refractivity contribution is 5.91. The topological polar surface area (TPSA) is 67.8 Å². The molecule has 92 valence electrons. The van der Waals surface area contributed by atoms with E-state index in [0.29, 0.717) is 12.2 Å². The van der Waals surface area contributed by atoms with Crippen molar-refractivity contribution < 1.29 is 4.79 Å². The molecule has 0 aliphatic rings. The van der Waals surface area contributed by atoms with Gasteiger partial charge in [-0.1, -0.05) is 0 Å². The zero-order valence-corrected chi connectivity index (χ0v) is 10.1. The predicted molar refractivity (Wildman–Crippen MR) is 67.0 cm³/mol. The van der Waals surface area contributed by atoms with Crippen molar-refractivity contribution in [3.63, 3.8) is 0 Å². The molecule has 0 saturated carbocycles. The monoisotopic (exact) mass is 242 g/mol. The Morgan fingerprint density at radius 3 is 2.61 bits per heavy atom. The molecule has 1 amide bonds. The molecule has 0 unspecified atom stereocenters. The number of nitrogens with zero attached hydrogens (tertiary/aromatic N) is 3. The molecule has 0 atom stereocenters. The van der Waals surface area contributed by atoms with Gasteiger partial charge in [-0.25, -0.2) is 0 Å². The normalized spacial score (nSPS) is 10.1. The average molecular weight is 242 g/mol. The van der Waals surface area contributed by atoms with Crippen LogP contribution in [0.3, 0.4) is 0 Å². The van der Waals surface area contributed by atoms with Crippen LogP contribution in [0.25, 0.3) is 0 Å². The van der Waals surface area contributed by atoms with E-state index in [1.54, 1.807) is 24.5 Å². The van der Waals surface area contributed by atoms with Crippen LogP contribution in [0, 0.1) is 6.92 Å². The number of carbonyl (C=O) groups is 1. The van der Waals surface area contributed by atoms with E-state index in [4.69, 9.17) is 0 Å². The summed E-state index contributed by atoms with van der Waals surface area (Å²) in [6.07, 6.45) is 4.25. The fourth-order valence-corrected chi connectivity index (χ4v) is 1.48. The summed E-state index contributed by atoms with van der Waals surface area (Å²) in [5.74, 6) is -0.198. The lowest BCUT2D eigenvalue weighted by atomic mass is 10.2. The van der Waals surface area contributed by atoms with Gasteiger partial charge in [0, 0.05) is 18.9 Å². The van der Waals surface area contributed by atoms with Crippen molar-refractivity contribution >= 4 is 5.91 Å². The van der Waals surface area contributed by atoms with Crippen LogP contribution >= 0.6 is 0 Å². The van der Waals surface area contributed by atoms with Crippen molar-refractivity contribution in [2.45, 2.75) is 13.3 Å². The highest BCUT2D eigenvalue weighted by atomic mass is 16.1. The van der Waals surface area contributed by atoms with E-state index >= 15 is 0 Å². The molecule has 5 heteroatoms. The fraction of sp³-hybridized carbons (Fsp3) is 0.231. The van der Waals surface area contributed by atoms with E-state index in [9.17, 15) is 4.79 Å². The Bertz CT molecular complexity index is 510. The van der Waals surface area contributed by atoms with Crippen molar-refractivity contribution in [3.8, 4) is 0 Å². The van der Waals surface area contributed by atoms with Crippen LogP contribution in [-0.4, -0.2) is 27.6 Å². The van der Waals surface area contributed by atoms with Crippen molar-refractivity contribution in [1.82, 2.24) is 20.5 Å². The van der Waals surface area contributed by atoms with Crippen LogP contribution in [0.15, 0.2) is 36.7 Å². The van der Waals surface area contributed by atoms with Gasteiger partial charge in [0.15, 0.2) is 5.69 Å². The number of pyridine rings is 1. The maximum Gasteiger partial charge on any atom is 0.271 e. The summed E-state index contributed by atoms with van der Waals surface area (Å²) in [6, 6.07) is 7.30. The second-order valence-corrected chi connectivity index (χ2v) is 3.92. The largest absolute Gasteiger partial charge is 0.350 e. The van der Waals surface area contributed by atoms with Gasteiger partial charge in [0.25, 0.3) is 5.91 Å². The minimum atomic E-state index is -0.198. The van der Waals surface area contributed by atoms with Gasteiger partial charge in [-0.3, -0.25) is 9.78 Å². The second-order valence-electron chi connectivity index (χ2n) is 3.92. The van der Waals surface area contributed by atoms with Gasteiger partial charge in [-0.2, -0.15) is 5.10 Å². The molecular weight excluding hydrogens is 228 g/mol. The standard InChI is InChI=1S/C13H14N4O/c1-10-2-3-12(17-16-10)13(18)15-9-6-11-4-7-14-8-5-11/h2-5,7-8H,6,9H2,1H3,(H,15,18). The number of amides is 1. The van der Waals surface area contributed by atoms with Crippen LogP contribution in [0.5, 0.6) is 0 Å². The summed E-state index contributed by atoms with van der Waals surface area (Å²) in [7, 11) is 0. The van der Waals surface area contributed by atoms with Gasteiger partial charge in [0.2, 0.25) is 0 Å². The van der Waals surface area contributed by atoms with Crippen LogP contribution in [0.1, 0.15) is 21.7 Å². The summed E-state index contributed by atoms with van der Waals surface area (Å²) in [4.78, 5) is 15.7. The van der Waals surface area contributed by atoms with Crippen molar-refractivity contribution in [2.75, 3.05) is 6.54 Å². The first kappa shape index (κ1) is 12.2. The van der Waals surface area contributed by atoms with Gasteiger partial charge in [-0.15, -0.1) is 5.10 Å². The van der Waals surface area contributed by atoms with E-state index in [-0.39, 0.29) is 5.91 Å². The molecule has 0 bridgehead atoms. The third-order valence-corrected chi connectivity index (χ3v) is 2.48. The molecule has 0 radical (unpaired) electrons. The maximum atomic E-state index is 11.7. The molecule has 2 aromatic rings. The molecule has 0 aliphatic carbocycles. The molecule has 1 N–H and O–H groups in total. The molecule has 5 nitrogen and oxygen atoms in total. The van der Waals surface area contributed by atoms with Crippen molar-refractivity contribution in [3.05, 3.63) is 53.6 Å². The van der Waals surface area contributed by atoms with Crippen LogP contribution in [-0.2, 0) is 6.42 Å². The molecule has 18 heavy (non-hydrogen) atoms. The SMILES string of the molecule is Cc1ccc(C(=O)NCCc2ccncc2)nn1. The summed E-state index contributed by atoms with van der Waals surface area (Å²) < 4.78 is 0. The zero-order valence-electron chi connectivity index (χ0n) is 10.1. The predicted octanol–water partition coefficient (Wildman–Crippen LogP) is 1.15. The molecule has 0 saturated heterocycles. The number of carbonyl (C=O) groups excluding carboxylic acids is 1. The Balaban J connectivity index is 1.84. The number of nitrogens with one attached hydrogen (secondary N) is 1. The average Bonchev–Trinajstić information content (AvgIpc) is 2.40. The maximum absolute atomic E-state index is 11.7. The highest BCUT2D eigenvalue weighted by Gasteiger charge is 2.06. The van der Waals surface area contributed by atoms with Gasteiger partial charge in [-0.05, 0) is 43.2 Å². The Labute approximate surface area is 105 Å². The number of aromatic nitrogens is 3. The van der Waals surface area contributed by atoms with E-state index < -0.39 is 0 Å². The lowest BCUT2D eigenvalue weighted by Crippen LogP contribution is -2.26. The Morgan fingerprint density at radius 1 is 1.17 bits per heavy atom. The van der Waals surface area contributed by atoms with Gasteiger partial charge < -0.3 is 5.32 Å². The quantitative estimate of drug-likeness (QED) is 0.873. The first-order chi connectivity index (χ1) is 8.75. The molecule has 2 aromatic heterocycles. The molecule has 0 fully saturated rings. The highest BCUT2D eigenvalue weighted by Crippen LogP contribution is 1.98. The minimum Gasteiger partial charge on any atom is -0.350 e. The van der Waals surface area contributed by atoms with Crippen LogP contribution in [0.4, 0.5) is 0 Å². The van der Waals surface area contributed by atoms with Gasteiger partial charge in [0.1, 0.15) is 0 Å². The van der Waals surface area contributed by atoms with E-state index in [1.165, 1.54) is 0 Å². The first-order valence-electron chi connectivity index (χ1n) is 5.73. The molecule has 2 heterocycles. The Kier molecular flexibility index (Phi) is 3.96. The number of hydrogen-bond acceptors (Lipinski definition) is 4. The smallest absolute Gasteiger partial charge is 0.271 e. The van der Waals surface area contributed by atoms with E-state index in [0.717, 1.165) is 17.7 Å². The van der Waals surface area contributed by atoms with Crippen LogP contribution < -0.4 is 5.32 Å². The molecule has 0 aromatic carbocycles. The summed E-state index contributed by atoms with van der Waals surface area (Å²) in [6.45, 7) is 2.40. The molecule has 0 aliphatic heterocycles. The lowest BCUT2D eigenvalue weighted by molar-refractivity contribution is 0.0948. The van der Waals surface area contributed by atoms with Crippen molar-refractivity contribution in [2.24, 2.45) is 0 Å². The number of aryl methyl sites for hydroxylation is 1. The molecule has 2 rings (SSSR count). The third kappa shape index (κ3) is 3.35.